The Morgan fingerprint density at radius 1 is 1.22 bits per heavy atom. The van der Waals surface area contributed by atoms with E-state index in [1.165, 1.54) is 24.9 Å². The first-order chi connectivity index (χ1) is 15.3. The van der Waals surface area contributed by atoms with Crippen LogP contribution >= 0.6 is 11.8 Å². The van der Waals surface area contributed by atoms with E-state index >= 15 is 0 Å². The van der Waals surface area contributed by atoms with Gasteiger partial charge in [-0.25, -0.2) is 9.50 Å². The van der Waals surface area contributed by atoms with Gasteiger partial charge < -0.3 is 14.8 Å². The fourth-order valence-electron chi connectivity index (χ4n) is 3.37. The second-order valence-electron chi connectivity index (χ2n) is 7.04. The normalized spacial score (nSPS) is 11.2. The van der Waals surface area contributed by atoms with Gasteiger partial charge in [-0.3, -0.25) is 4.79 Å². The molecule has 0 saturated heterocycles. The number of halogens is 2. The van der Waals surface area contributed by atoms with Crippen molar-refractivity contribution in [3.63, 3.8) is 0 Å². The molecule has 8 nitrogen and oxygen atoms in total. The summed E-state index contributed by atoms with van der Waals surface area (Å²) in [4.78, 5) is 21.2. The van der Waals surface area contributed by atoms with Gasteiger partial charge in [0.25, 0.3) is 5.78 Å². The Labute approximate surface area is 188 Å². The standard InChI is InChI=1S/C21H25F2N5O3S/c1-12-15(13(2)28-20(25-12)26-21(27-28)32-4)6-8-18(29)24-10-9-14-5-7-16(31-19(22)23)17(11-14)30-3/h5,7,11,19H,6,8-10H2,1-4H3,(H,24,29). The average molecular weight is 466 g/mol. The Kier molecular flexibility index (Phi) is 7.84. The van der Waals surface area contributed by atoms with Crippen molar-refractivity contribution < 1.29 is 23.0 Å². The lowest BCUT2D eigenvalue weighted by Crippen LogP contribution is -2.26. The van der Waals surface area contributed by atoms with E-state index in [1.807, 2.05) is 20.1 Å². The van der Waals surface area contributed by atoms with Crippen molar-refractivity contribution >= 4 is 23.4 Å². The maximum atomic E-state index is 12.4. The van der Waals surface area contributed by atoms with Crippen LogP contribution in [0, 0.1) is 13.8 Å². The minimum atomic E-state index is -2.92. The average Bonchev–Trinajstić information content (AvgIpc) is 3.17. The van der Waals surface area contributed by atoms with Crippen molar-refractivity contribution in [2.45, 2.75) is 44.9 Å². The number of methoxy groups -OCH3 is 1. The molecule has 0 saturated carbocycles. The van der Waals surface area contributed by atoms with Crippen LogP contribution in [0.1, 0.15) is 28.9 Å². The molecule has 0 atom stereocenters. The van der Waals surface area contributed by atoms with Crippen LogP contribution in [0.3, 0.4) is 0 Å². The van der Waals surface area contributed by atoms with Gasteiger partial charge in [0, 0.05) is 24.4 Å². The quantitative estimate of drug-likeness (QED) is 0.459. The fraction of sp³-hybridized carbons (Fsp3) is 0.429. The minimum Gasteiger partial charge on any atom is -0.493 e. The molecular weight excluding hydrogens is 440 g/mol. The molecule has 0 fully saturated rings. The van der Waals surface area contributed by atoms with Crippen LogP contribution < -0.4 is 14.8 Å². The van der Waals surface area contributed by atoms with E-state index in [0.29, 0.717) is 36.7 Å². The van der Waals surface area contributed by atoms with E-state index in [2.05, 4.69) is 25.1 Å². The van der Waals surface area contributed by atoms with E-state index in [1.54, 1.807) is 16.6 Å². The summed E-state index contributed by atoms with van der Waals surface area (Å²) >= 11 is 1.45. The Balaban J connectivity index is 1.55. The van der Waals surface area contributed by atoms with Gasteiger partial charge in [0.2, 0.25) is 11.1 Å². The lowest BCUT2D eigenvalue weighted by molar-refractivity contribution is -0.121. The molecule has 0 aliphatic heterocycles. The molecule has 1 amide bonds. The van der Waals surface area contributed by atoms with Gasteiger partial charge in [0.1, 0.15) is 0 Å². The minimum absolute atomic E-state index is 0.0244. The summed E-state index contributed by atoms with van der Waals surface area (Å²) in [5.74, 6) is 0.666. The molecule has 172 valence electrons. The molecule has 1 N–H and O–H groups in total. The largest absolute Gasteiger partial charge is 0.493 e. The molecule has 2 heterocycles. The predicted octanol–water partition coefficient (Wildman–Crippen LogP) is 3.36. The number of benzene rings is 1. The van der Waals surface area contributed by atoms with Crippen LogP contribution in [0.4, 0.5) is 8.78 Å². The van der Waals surface area contributed by atoms with Gasteiger partial charge >= 0.3 is 6.61 Å². The van der Waals surface area contributed by atoms with Crippen LogP contribution in [-0.4, -0.2) is 52.0 Å². The monoisotopic (exact) mass is 465 g/mol. The molecular formula is C21H25F2N5O3S. The highest BCUT2D eigenvalue weighted by Crippen LogP contribution is 2.29. The van der Waals surface area contributed by atoms with E-state index < -0.39 is 6.61 Å². The Hall–Kier alpha value is -2.95. The highest BCUT2D eigenvalue weighted by Gasteiger charge is 2.15. The number of hydrogen-bond donors (Lipinski definition) is 1. The summed E-state index contributed by atoms with van der Waals surface area (Å²) < 4.78 is 36.1. The molecule has 0 aliphatic carbocycles. The van der Waals surface area contributed by atoms with Crippen LogP contribution in [0.5, 0.6) is 11.5 Å². The van der Waals surface area contributed by atoms with E-state index in [-0.39, 0.29) is 17.4 Å². The Bertz CT molecular complexity index is 1110. The molecule has 32 heavy (non-hydrogen) atoms. The predicted molar refractivity (Wildman–Crippen MR) is 117 cm³/mol. The number of alkyl halides is 2. The smallest absolute Gasteiger partial charge is 0.387 e. The third-order valence-corrected chi connectivity index (χ3v) is 5.53. The maximum absolute atomic E-state index is 12.4. The number of aromatic nitrogens is 4. The first kappa shape index (κ1) is 23.7. The number of thioether (sulfide) groups is 1. The van der Waals surface area contributed by atoms with E-state index in [4.69, 9.17) is 4.74 Å². The zero-order valence-electron chi connectivity index (χ0n) is 18.3. The van der Waals surface area contributed by atoms with Crippen LogP contribution in [0.2, 0.25) is 0 Å². The first-order valence-electron chi connectivity index (χ1n) is 9.97. The molecule has 3 aromatic rings. The molecule has 0 unspecified atom stereocenters. The van der Waals surface area contributed by atoms with Gasteiger partial charge in [-0.1, -0.05) is 17.8 Å². The lowest BCUT2D eigenvalue weighted by Gasteiger charge is -2.12. The fourth-order valence-corrected chi connectivity index (χ4v) is 3.71. The van der Waals surface area contributed by atoms with Crippen molar-refractivity contribution in [1.82, 2.24) is 24.9 Å². The molecule has 1 aromatic carbocycles. The van der Waals surface area contributed by atoms with E-state index in [0.717, 1.165) is 22.5 Å². The van der Waals surface area contributed by atoms with Crippen LogP contribution in [0.25, 0.3) is 5.78 Å². The first-order valence-corrected chi connectivity index (χ1v) is 11.2. The van der Waals surface area contributed by atoms with Crippen molar-refractivity contribution in [2.75, 3.05) is 19.9 Å². The summed E-state index contributed by atoms with van der Waals surface area (Å²) in [6.45, 7) is 1.34. The number of fused-ring (bicyclic) bond motifs is 1. The number of ether oxygens (including phenoxy) is 2. The number of rotatable bonds is 10. The van der Waals surface area contributed by atoms with Gasteiger partial charge in [0.05, 0.1) is 7.11 Å². The van der Waals surface area contributed by atoms with Gasteiger partial charge in [-0.15, -0.1) is 5.10 Å². The summed E-state index contributed by atoms with van der Waals surface area (Å²) in [5, 5.41) is 7.96. The topological polar surface area (TPSA) is 90.6 Å². The zero-order chi connectivity index (χ0) is 23.3. The highest BCUT2D eigenvalue weighted by atomic mass is 32.2. The number of carbonyl (C=O) groups is 1. The highest BCUT2D eigenvalue weighted by molar-refractivity contribution is 7.98. The van der Waals surface area contributed by atoms with Crippen LogP contribution in [0.15, 0.2) is 23.4 Å². The number of nitrogens with zero attached hydrogens (tertiary/aromatic N) is 4. The molecule has 0 spiro atoms. The third-order valence-electron chi connectivity index (χ3n) is 4.99. The zero-order valence-corrected chi connectivity index (χ0v) is 19.1. The van der Waals surface area contributed by atoms with Gasteiger partial charge in [-0.2, -0.15) is 13.8 Å². The molecule has 2 aromatic heterocycles. The Morgan fingerprint density at radius 2 is 2.00 bits per heavy atom. The Morgan fingerprint density at radius 3 is 2.69 bits per heavy atom. The van der Waals surface area contributed by atoms with E-state index in [9.17, 15) is 13.6 Å². The van der Waals surface area contributed by atoms with Crippen LogP contribution in [-0.2, 0) is 17.6 Å². The van der Waals surface area contributed by atoms with Crippen molar-refractivity contribution in [3.05, 3.63) is 40.7 Å². The number of nitrogens with one attached hydrogen (secondary N) is 1. The SMILES string of the molecule is COc1cc(CCNC(=O)CCc2c(C)nc3nc(SC)nn3c2C)ccc1OC(F)F. The summed E-state index contributed by atoms with van der Waals surface area (Å²) in [6.07, 6.45) is 3.28. The summed E-state index contributed by atoms with van der Waals surface area (Å²) in [7, 11) is 1.39. The molecule has 0 aliphatic rings. The molecule has 0 bridgehead atoms. The van der Waals surface area contributed by atoms with Crippen molar-refractivity contribution in [1.29, 1.82) is 0 Å². The second-order valence-corrected chi connectivity index (χ2v) is 7.81. The van der Waals surface area contributed by atoms with Gasteiger partial charge in [-0.05, 0) is 56.2 Å². The molecule has 11 heteroatoms. The maximum Gasteiger partial charge on any atom is 0.387 e. The summed E-state index contributed by atoms with van der Waals surface area (Å²) in [5.41, 5.74) is 3.57. The lowest BCUT2D eigenvalue weighted by atomic mass is 10.1. The third kappa shape index (κ3) is 5.64. The number of carbonyl (C=O) groups excluding carboxylic acids is 1. The summed E-state index contributed by atoms with van der Waals surface area (Å²) in [6, 6.07) is 4.73. The van der Waals surface area contributed by atoms with Crippen molar-refractivity contribution in [2.24, 2.45) is 0 Å². The number of amides is 1. The molecule has 3 rings (SSSR count). The molecule has 0 radical (unpaired) electrons. The number of aryl methyl sites for hydroxylation is 2. The van der Waals surface area contributed by atoms with Crippen molar-refractivity contribution in [3.8, 4) is 11.5 Å². The number of hydrogen-bond acceptors (Lipinski definition) is 7. The van der Waals surface area contributed by atoms with Gasteiger partial charge in [0.15, 0.2) is 11.5 Å². The second kappa shape index (κ2) is 10.6.